The standard InChI is InChI=1S/C12H15ClN4/c1-7-10(13)5-4-6-11(7)17-9(3)12(8(2)14)15-16-17/h4-6,8H,14H2,1-3H3. The van der Waals surface area contributed by atoms with Crippen molar-refractivity contribution in [2.45, 2.75) is 26.8 Å². The number of benzene rings is 1. The molecule has 1 aromatic heterocycles. The van der Waals surface area contributed by atoms with Crippen LogP contribution < -0.4 is 5.73 Å². The van der Waals surface area contributed by atoms with E-state index in [0.29, 0.717) is 0 Å². The molecule has 0 saturated heterocycles. The zero-order valence-electron chi connectivity index (χ0n) is 10.1. The zero-order chi connectivity index (χ0) is 12.6. The van der Waals surface area contributed by atoms with Gasteiger partial charge in [0.05, 0.1) is 11.4 Å². The molecule has 5 heteroatoms. The van der Waals surface area contributed by atoms with Gasteiger partial charge in [-0.25, -0.2) is 4.68 Å². The van der Waals surface area contributed by atoms with Crippen molar-refractivity contribution in [2.24, 2.45) is 5.73 Å². The molecule has 0 aliphatic heterocycles. The van der Waals surface area contributed by atoms with E-state index in [1.54, 1.807) is 4.68 Å². The second-order valence-electron chi connectivity index (χ2n) is 4.14. The maximum Gasteiger partial charge on any atom is 0.102 e. The average Bonchev–Trinajstić information content (AvgIpc) is 2.64. The quantitative estimate of drug-likeness (QED) is 0.891. The van der Waals surface area contributed by atoms with Crippen LogP contribution in [0.2, 0.25) is 5.02 Å². The maximum absolute atomic E-state index is 6.10. The third kappa shape index (κ3) is 2.06. The smallest absolute Gasteiger partial charge is 0.102 e. The van der Waals surface area contributed by atoms with E-state index in [-0.39, 0.29) is 6.04 Å². The third-order valence-electron chi connectivity index (χ3n) is 2.83. The first-order valence-corrected chi connectivity index (χ1v) is 5.83. The fourth-order valence-corrected chi connectivity index (χ4v) is 1.99. The normalized spacial score (nSPS) is 12.8. The Kier molecular flexibility index (Phi) is 3.17. The van der Waals surface area contributed by atoms with E-state index in [4.69, 9.17) is 17.3 Å². The highest BCUT2D eigenvalue weighted by atomic mass is 35.5. The van der Waals surface area contributed by atoms with Gasteiger partial charge in [0.2, 0.25) is 0 Å². The van der Waals surface area contributed by atoms with Crippen LogP contribution in [0.4, 0.5) is 0 Å². The molecule has 4 nitrogen and oxygen atoms in total. The van der Waals surface area contributed by atoms with Crippen molar-refractivity contribution in [1.82, 2.24) is 15.0 Å². The molecule has 90 valence electrons. The van der Waals surface area contributed by atoms with Crippen molar-refractivity contribution >= 4 is 11.6 Å². The van der Waals surface area contributed by atoms with Crippen LogP contribution in [0.15, 0.2) is 18.2 Å². The molecule has 17 heavy (non-hydrogen) atoms. The summed E-state index contributed by atoms with van der Waals surface area (Å²) < 4.78 is 1.78. The largest absolute Gasteiger partial charge is 0.323 e. The number of nitrogens with zero attached hydrogens (tertiary/aromatic N) is 3. The van der Waals surface area contributed by atoms with Crippen molar-refractivity contribution in [3.8, 4) is 5.69 Å². The summed E-state index contributed by atoms with van der Waals surface area (Å²) in [6, 6.07) is 5.60. The molecule has 0 radical (unpaired) electrons. The molecule has 0 aliphatic carbocycles. The van der Waals surface area contributed by atoms with Gasteiger partial charge >= 0.3 is 0 Å². The van der Waals surface area contributed by atoms with Crippen LogP contribution in [-0.2, 0) is 0 Å². The summed E-state index contributed by atoms with van der Waals surface area (Å²) in [6.45, 7) is 5.82. The van der Waals surface area contributed by atoms with Gasteiger partial charge in [-0.15, -0.1) is 5.10 Å². The lowest BCUT2D eigenvalue weighted by Gasteiger charge is -2.09. The van der Waals surface area contributed by atoms with Gasteiger partial charge < -0.3 is 5.73 Å². The Balaban J connectivity index is 2.58. The average molecular weight is 251 g/mol. The Morgan fingerprint density at radius 1 is 1.35 bits per heavy atom. The third-order valence-corrected chi connectivity index (χ3v) is 3.24. The minimum absolute atomic E-state index is 0.122. The molecule has 0 bridgehead atoms. The van der Waals surface area contributed by atoms with E-state index >= 15 is 0 Å². The van der Waals surface area contributed by atoms with E-state index in [0.717, 1.165) is 27.7 Å². The summed E-state index contributed by atoms with van der Waals surface area (Å²) in [5.74, 6) is 0. The molecule has 2 N–H and O–H groups in total. The summed E-state index contributed by atoms with van der Waals surface area (Å²) in [5, 5.41) is 8.97. The van der Waals surface area contributed by atoms with Crippen molar-refractivity contribution < 1.29 is 0 Å². The van der Waals surface area contributed by atoms with E-state index in [1.165, 1.54) is 0 Å². The lowest BCUT2D eigenvalue weighted by atomic mass is 10.2. The predicted octanol–water partition coefficient (Wildman–Crippen LogP) is 2.56. The molecule has 1 aromatic carbocycles. The van der Waals surface area contributed by atoms with Crippen LogP contribution in [0.25, 0.3) is 5.69 Å². The highest BCUT2D eigenvalue weighted by Gasteiger charge is 2.14. The summed E-state index contributed by atoms with van der Waals surface area (Å²) >= 11 is 6.10. The summed E-state index contributed by atoms with van der Waals surface area (Å²) in [5.41, 5.74) is 9.51. The molecule has 0 saturated carbocycles. The lowest BCUT2D eigenvalue weighted by Crippen LogP contribution is -2.08. The van der Waals surface area contributed by atoms with Crippen molar-refractivity contribution in [2.75, 3.05) is 0 Å². The number of nitrogens with two attached hydrogens (primary N) is 1. The number of hydrogen-bond donors (Lipinski definition) is 1. The number of halogens is 1. The molecule has 1 atom stereocenters. The van der Waals surface area contributed by atoms with Gasteiger partial charge in [0.15, 0.2) is 0 Å². The predicted molar refractivity (Wildman–Crippen MR) is 68.4 cm³/mol. The highest BCUT2D eigenvalue weighted by molar-refractivity contribution is 6.31. The van der Waals surface area contributed by atoms with Gasteiger partial charge in [-0.2, -0.15) is 0 Å². The number of hydrogen-bond acceptors (Lipinski definition) is 3. The first kappa shape index (κ1) is 12.1. The van der Waals surface area contributed by atoms with Gasteiger partial charge in [-0.1, -0.05) is 22.9 Å². The summed E-state index contributed by atoms with van der Waals surface area (Å²) in [6.07, 6.45) is 0. The Bertz CT molecular complexity index is 545. The molecule has 1 heterocycles. The first-order valence-electron chi connectivity index (χ1n) is 5.45. The van der Waals surface area contributed by atoms with E-state index in [1.807, 2.05) is 39.0 Å². The fraction of sp³-hybridized carbons (Fsp3) is 0.333. The van der Waals surface area contributed by atoms with Gasteiger partial charge in [0.1, 0.15) is 5.69 Å². The fourth-order valence-electron chi connectivity index (χ4n) is 1.82. The number of rotatable bonds is 2. The van der Waals surface area contributed by atoms with Crippen LogP contribution in [0.3, 0.4) is 0 Å². The molecule has 0 fully saturated rings. The molecule has 0 spiro atoms. The van der Waals surface area contributed by atoms with Gasteiger partial charge in [-0.05, 0) is 38.5 Å². The van der Waals surface area contributed by atoms with Crippen molar-refractivity contribution in [1.29, 1.82) is 0 Å². The molecular formula is C12H15ClN4. The van der Waals surface area contributed by atoms with E-state index in [9.17, 15) is 0 Å². The zero-order valence-corrected chi connectivity index (χ0v) is 10.9. The Morgan fingerprint density at radius 2 is 2.06 bits per heavy atom. The van der Waals surface area contributed by atoms with Crippen LogP contribution in [0, 0.1) is 13.8 Å². The van der Waals surface area contributed by atoms with Crippen molar-refractivity contribution in [3.05, 3.63) is 40.2 Å². The van der Waals surface area contributed by atoms with Gasteiger partial charge in [-0.3, -0.25) is 0 Å². The monoisotopic (exact) mass is 250 g/mol. The van der Waals surface area contributed by atoms with Crippen LogP contribution in [0.5, 0.6) is 0 Å². The second-order valence-corrected chi connectivity index (χ2v) is 4.55. The van der Waals surface area contributed by atoms with Crippen LogP contribution >= 0.6 is 11.6 Å². The number of aromatic nitrogens is 3. The van der Waals surface area contributed by atoms with Crippen molar-refractivity contribution in [3.63, 3.8) is 0 Å². The van der Waals surface area contributed by atoms with Crippen LogP contribution in [-0.4, -0.2) is 15.0 Å². The van der Waals surface area contributed by atoms with E-state index < -0.39 is 0 Å². The lowest BCUT2D eigenvalue weighted by molar-refractivity contribution is 0.755. The SMILES string of the molecule is Cc1c(Cl)cccc1-n1nnc(C(C)N)c1C. The van der Waals surface area contributed by atoms with Gasteiger partial charge in [0, 0.05) is 11.1 Å². The molecule has 2 rings (SSSR count). The minimum atomic E-state index is -0.122. The minimum Gasteiger partial charge on any atom is -0.323 e. The Labute approximate surface area is 105 Å². The maximum atomic E-state index is 6.10. The van der Waals surface area contributed by atoms with E-state index in [2.05, 4.69) is 10.3 Å². The van der Waals surface area contributed by atoms with Crippen LogP contribution in [0.1, 0.15) is 29.9 Å². The summed E-state index contributed by atoms with van der Waals surface area (Å²) in [4.78, 5) is 0. The Morgan fingerprint density at radius 3 is 2.65 bits per heavy atom. The molecule has 1 unspecified atom stereocenters. The van der Waals surface area contributed by atoms with Gasteiger partial charge in [0.25, 0.3) is 0 Å². The first-order chi connectivity index (χ1) is 8.02. The Hall–Kier alpha value is -1.39. The highest BCUT2D eigenvalue weighted by Crippen LogP contribution is 2.24. The molecule has 0 aliphatic rings. The summed E-state index contributed by atoms with van der Waals surface area (Å²) in [7, 11) is 0. The second kappa shape index (κ2) is 4.47. The molecule has 2 aromatic rings. The molecular weight excluding hydrogens is 236 g/mol. The topological polar surface area (TPSA) is 56.7 Å². The molecule has 0 amide bonds.